The fourth-order valence-corrected chi connectivity index (χ4v) is 8.86. The molecule has 4 aromatic rings. The highest BCUT2D eigenvalue weighted by Crippen LogP contribution is 2.51. The predicted molar refractivity (Wildman–Crippen MR) is 191 cm³/mol. The molecular formula is C35H39ClF2N8O3S. The number of anilines is 2. The van der Waals surface area contributed by atoms with Gasteiger partial charge in [0, 0.05) is 42.2 Å². The number of nitrogens with one attached hydrogen (secondary N) is 1. The lowest BCUT2D eigenvalue weighted by Gasteiger charge is -2.39. The van der Waals surface area contributed by atoms with Crippen LogP contribution in [0.25, 0.3) is 32.1 Å². The van der Waals surface area contributed by atoms with E-state index < -0.39 is 11.6 Å². The predicted octanol–water partition coefficient (Wildman–Crippen LogP) is 6.54. The number of ether oxygens (including phenoxy) is 2. The van der Waals surface area contributed by atoms with Gasteiger partial charge in [0.25, 0.3) is 0 Å². The number of carbonyl (C=O) groups is 1. The Bertz CT molecular complexity index is 2030. The molecule has 0 aliphatic carbocycles. The number of fused-ring (bicyclic) bond motifs is 1. The number of nitrogens with two attached hydrogens (primary N) is 1. The Labute approximate surface area is 297 Å². The number of piperidine rings is 1. The summed E-state index contributed by atoms with van der Waals surface area (Å²) in [4.78, 5) is 28.5. The Hall–Kier alpha value is -4.19. The Morgan fingerprint density at radius 3 is 2.60 bits per heavy atom. The van der Waals surface area contributed by atoms with Crippen molar-refractivity contribution in [3.63, 3.8) is 0 Å². The average molecular weight is 725 g/mol. The zero-order chi connectivity index (χ0) is 35.4. The van der Waals surface area contributed by atoms with E-state index in [0.29, 0.717) is 43.7 Å². The zero-order valence-corrected chi connectivity index (χ0v) is 29.9. The third-order valence-corrected chi connectivity index (χ3v) is 11.4. The number of thiophene rings is 1. The number of aromatic nitrogens is 2. The fourth-order valence-electron chi connectivity index (χ4n) is 7.58. The van der Waals surface area contributed by atoms with Crippen molar-refractivity contribution in [2.45, 2.75) is 70.7 Å². The summed E-state index contributed by atoms with van der Waals surface area (Å²) in [6.07, 6.45) is 3.02. The molecule has 2 aromatic heterocycles. The van der Waals surface area contributed by atoms with Crippen molar-refractivity contribution in [3.8, 4) is 29.0 Å². The van der Waals surface area contributed by atoms with E-state index in [1.54, 1.807) is 0 Å². The number of nitrogen functional groups attached to an aromatic ring is 1. The summed E-state index contributed by atoms with van der Waals surface area (Å²) in [5.74, 6) is -0.731. The lowest BCUT2D eigenvalue weighted by molar-refractivity contribution is 0.112. The number of rotatable bonds is 6. The minimum Gasteiger partial charge on any atom is -0.489 e. The van der Waals surface area contributed by atoms with Gasteiger partial charge in [-0.1, -0.05) is 17.7 Å². The summed E-state index contributed by atoms with van der Waals surface area (Å²) in [6, 6.07) is 4.70. The maximum Gasteiger partial charge on any atom is 0.319 e. The molecule has 3 aliphatic heterocycles. The van der Waals surface area contributed by atoms with E-state index in [1.807, 2.05) is 25.7 Å². The van der Waals surface area contributed by atoms with Gasteiger partial charge in [-0.25, -0.2) is 13.6 Å². The lowest BCUT2D eigenvalue weighted by Crippen LogP contribution is -2.51. The number of hydrogen-bond donors (Lipinski definition) is 2. The highest BCUT2D eigenvalue weighted by molar-refractivity contribution is 7.23. The van der Waals surface area contributed by atoms with Crippen LogP contribution in [0.5, 0.6) is 11.8 Å². The molecule has 11 nitrogen and oxygen atoms in total. The SMILES string of the molecule is CC(C)NC(=O)N1CCC(N2CCOc3c(Cl)c(-c4ccc(F)c5sc(N)c(C#N)c45)c(F)c4nc(O[C@@H](C)[C@@H]5CCCN5C)nc2c34)CC1. The third kappa shape index (κ3) is 5.88. The minimum atomic E-state index is -0.778. The van der Waals surface area contributed by atoms with Gasteiger partial charge in [0.2, 0.25) is 0 Å². The van der Waals surface area contributed by atoms with Crippen LogP contribution in [0.2, 0.25) is 5.02 Å². The van der Waals surface area contributed by atoms with Gasteiger partial charge in [-0.3, -0.25) is 4.90 Å². The number of likely N-dealkylation sites (tertiary alicyclic amines) is 2. The van der Waals surface area contributed by atoms with Crippen LogP contribution in [0.1, 0.15) is 52.0 Å². The monoisotopic (exact) mass is 724 g/mol. The molecule has 0 radical (unpaired) electrons. The summed E-state index contributed by atoms with van der Waals surface area (Å²) in [6.45, 7) is 8.46. The van der Waals surface area contributed by atoms with Gasteiger partial charge in [0.15, 0.2) is 11.6 Å². The molecule has 0 bridgehead atoms. The molecule has 2 amide bonds. The highest BCUT2D eigenvalue weighted by atomic mass is 35.5. The molecule has 5 heterocycles. The quantitative estimate of drug-likeness (QED) is 0.228. The number of amides is 2. The molecule has 0 unspecified atom stereocenters. The van der Waals surface area contributed by atoms with Gasteiger partial charge in [-0.2, -0.15) is 15.2 Å². The van der Waals surface area contributed by atoms with E-state index in [2.05, 4.69) is 33.2 Å². The Morgan fingerprint density at radius 2 is 1.92 bits per heavy atom. The maximum absolute atomic E-state index is 17.3. The van der Waals surface area contributed by atoms with E-state index >= 15 is 8.78 Å². The normalized spacial score (nSPS) is 19.1. The van der Waals surface area contributed by atoms with Crippen LogP contribution in [0.4, 0.5) is 24.4 Å². The Kier molecular flexibility index (Phi) is 9.25. The van der Waals surface area contributed by atoms with E-state index in [4.69, 9.17) is 31.8 Å². The number of nitriles is 1. The van der Waals surface area contributed by atoms with Crippen LogP contribution in [-0.2, 0) is 0 Å². The number of nitrogens with zero attached hydrogens (tertiary/aromatic N) is 6. The van der Waals surface area contributed by atoms with E-state index in [0.717, 1.165) is 30.7 Å². The van der Waals surface area contributed by atoms with Crippen molar-refractivity contribution in [1.82, 2.24) is 25.1 Å². The third-order valence-electron chi connectivity index (χ3n) is 10.0. The topological polar surface area (TPSA) is 133 Å². The summed E-state index contributed by atoms with van der Waals surface area (Å²) in [7, 11) is 2.05. The highest BCUT2D eigenvalue weighted by Gasteiger charge is 2.36. The maximum atomic E-state index is 17.3. The second-order valence-electron chi connectivity index (χ2n) is 13.5. The first-order chi connectivity index (χ1) is 24.0. The molecular weight excluding hydrogens is 686 g/mol. The Morgan fingerprint density at radius 1 is 1.16 bits per heavy atom. The van der Waals surface area contributed by atoms with Crippen LogP contribution < -0.4 is 25.4 Å². The molecule has 264 valence electrons. The molecule has 50 heavy (non-hydrogen) atoms. The molecule has 7 rings (SSSR count). The smallest absolute Gasteiger partial charge is 0.319 e. The average Bonchev–Trinajstić information content (AvgIpc) is 3.61. The standard InChI is InChI=1S/C35H39ClF2N8O3S/c1-17(2)41-35(47)45-12-9-19(10-13-45)46-14-15-48-30-26-29(42-34(43-33(26)46)49-18(3)23-6-5-11-44(23)4)28(38)25(27(30)36)20-7-8-22(37)31-24(20)21(16-39)32(40)50-31/h7-8,17-19,23H,5-6,9-15,40H2,1-4H3,(H,41,47)/t18-,23-/m0/s1. The summed E-state index contributed by atoms with van der Waals surface area (Å²) < 4.78 is 45.1. The molecule has 0 saturated carbocycles. The van der Waals surface area contributed by atoms with Crippen LogP contribution >= 0.6 is 22.9 Å². The number of likely N-dealkylation sites (N-methyl/N-ethyl adjacent to an activating group) is 1. The first kappa shape index (κ1) is 34.3. The second kappa shape index (κ2) is 13.5. The number of carbonyl (C=O) groups excluding carboxylic acids is 1. The number of urea groups is 1. The van der Waals surface area contributed by atoms with Crippen molar-refractivity contribution in [3.05, 3.63) is 34.4 Å². The summed E-state index contributed by atoms with van der Waals surface area (Å²) in [5, 5.41) is 13.5. The zero-order valence-electron chi connectivity index (χ0n) is 28.4. The lowest BCUT2D eigenvalue weighted by atomic mass is 9.96. The fraction of sp³-hybridized carbons (Fsp3) is 0.486. The van der Waals surface area contributed by atoms with E-state index in [-0.39, 0.29) is 90.9 Å². The molecule has 2 fully saturated rings. The van der Waals surface area contributed by atoms with Crippen molar-refractivity contribution in [2.75, 3.05) is 50.5 Å². The van der Waals surface area contributed by atoms with E-state index in [9.17, 15) is 10.1 Å². The van der Waals surface area contributed by atoms with E-state index in [1.165, 1.54) is 12.1 Å². The first-order valence-electron chi connectivity index (χ1n) is 16.9. The number of hydrogen-bond acceptors (Lipinski definition) is 10. The van der Waals surface area contributed by atoms with Gasteiger partial charge >= 0.3 is 12.0 Å². The second-order valence-corrected chi connectivity index (χ2v) is 14.9. The number of halogens is 3. The molecule has 2 aromatic carbocycles. The van der Waals surface area contributed by atoms with Crippen LogP contribution in [0.3, 0.4) is 0 Å². The molecule has 3 aliphatic rings. The van der Waals surface area contributed by atoms with Gasteiger partial charge in [0.1, 0.15) is 40.9 Å². The first-order valence-corrected chi connectivity index (χ1v) is 18.1. The minimum absolute atomic E-state index is 0.0146. The van der Waals surface area contributed by atoms with Crippen molar-refractivity contribution in [2.24, 2.45) is 0 Å². The van der Waals surface area contributed by atoms with Crippen molar-refractivity contribution < 1.29 is 23.0 Å². The van der Waals surface area contributed by atoms with Crippen LogP contribution in [0.15, 0.2) is 12.1 Å². The largest absolute Gasteiger partial charge is 0.489 e. The molecule has 15 heteroatoms. The summed E-state index contributed by atoms with van der Waals surface area (Å²) in [5.41, 5.74) is 6.22. The van der Waals surface area contributed by atoms with Crippen LogP contribution in [-0.4, -0.2) is 89.9 Å². The Balaban J connectivity index is 1.39. The molecule has 2 atom stereocenters. The molecule has 2 saturated heterocycles. The van der Waals surface area contributed by atoms with Gasteiger partial charge < -0.3 is 30.3 Å². The van der Waals surface area contributed by atoms with Crippen LogP contribution in [0, 0.1) is 23.0 Å². The van der Waals surface area contributed by atoms with Crippen molar-refractivity contribution in [1.29, 1.82) is 5.26 Å². The van der Waals surface area contributed by atoms with Gasteiger partial charge in [-0.15, -0.1) is 11.3 Å². The molecule has 0 spiro atoms. The van der Waals surface area contributed by atoms with Gasteiger partial charge in [0.05, 0.1) is 27.2 Å². The summed E-state index contributed by atoms with van der Waals surface area (Å²) >= 11 is 7.99. The molecule has 3 N–H and O–H groups in total. The van der Waals surface area contributed by atoms with Crippen molar-refractivity contribution >= 4 is 60.8 Å². The van der Waals surface area contributed by atoms with Gasteiger partial charge in [-0.05, 0) is 71.7 Å². The number of benzene rings is 2.